The van der Waals surface area contributed by atoms with Crippen LogP contribution in [-0.4, -0.2) is 47.0 Å². The Kier molecular flexibility index (Phi) is 6.75. The molecule has 1 atom stereocenters. The molecule has 1 fully saturated rings. The molecule has 0 spiro atoms. The Labute approximate surface area is 187 Å². The molecular formula is C24H28N4O2S. The molecule has 1 saturated heterocycles. The monoisotopic (exact) mass is 436 g/mol. The maximum atomic E-state index is 12.4. The van der Waals surface area contributed by atoms with Gasteiger partial charge in [0.25, 0.3) is 0 Å². The molecule has 1 aliphatic heterocycles. The number of amides is 1. The fourth-order valence-electron chi connectivity index (χ4n) is 3.78. The van der Waals surface area contributed by atoms with Crippen molar-refractivity contribution in [3.8, 4) is 0 Å². The van der Waals surface area contributed by atoms with Crippen LogP contribution in [0.15, 0.2) is 42.6 Å². The summed E-state index contributed by atoms with van der Waals surface area (Å²) in [5.74, 6) is -0.0488. The first-order valence-electron chi connectivity index (χ1n) is 10.5. The van der Waals surface area contributed by atoms with Crippen LogP contribution in [0.1, 0.15) is 39.1 Å². The van der Waals surface area contributed by atoms with Gasteiger partial charge in [0.2, 0.25) is 5.91 Å². The Hall–Kier alpha value is -2.61. The molecule has 3 aromatic rings. The van der Waals surface area contributed by atoms with E-state index < -0.39 is 0 Å². The molecule has 1 N–H and O–H groups in total. The van der Waals surface area contributed by atoms with E-state index in [9.17, 15) is 4.79 Å². The van der Waals surface area contributed by atoms with Gasteiger partial charge in [-0.1, -0.05) is 29.8 Å². The van der Waals surface area contributed by atoms with Gasteiger partial charge in [0.1, 0.15) is 6.10 Å². The summed E-state index contributed by atoms with van der Waals surface area (Å²) in [7, 11) is 0. The van der Waals surface area contributed by atoms with Crippen molar-refractivity contribution in [2.24, 2.45) is 0 Å². The van der Waals surface area contributed by atoms with E-state index in [1.807, 2.05) is 13.8 Å². The smallest absolute Gasteiger partial charge is 0.240 e. The highest BCUT2D eigenvalue weighted by Gasteiger charge is 2.25. The molecule has 3 heterocycles. The number of anilines is 1. The summed E-state index contributed by atoms with van der Waals surface area (Å²) >= 11 is 1.48. The summed E-state index contributed by atoms with van der Waals surface area (Å²) in [4.78, 5) is 24.6. The summed E-state index contributed by atoms with van der Waals surface area (Å²) in [6.07, 6.45) is 2.49. The van der Waals surface area contributed by atoms with Gasteiger partial charge in [-0.05, 0) is 50.5 Å². The van der Waals surface area contributed by atoms with E-state index in [0.29, 0.717) is 24.8 Å². The average Bonchev–Trinajstić information content (AvgIpc) is 3.14. The number of hydrogen-bond acceptors (Lipinski definition) is 6. The van der Waals surface area contributed by atoms with E-state index in [0.717, 1.165) is 29.2 Å². The topological polar surface area (TPSA) is 67.4 Å². The lowest BCUT2D eigenvalue weighted by atomic mass is 10.0. The van der Waals surface area contributed by atoms with Crippen molar-refractivity contribution in [1.29, 1.82) is 0 Å². The highest BCUT2D eigenvalue weighted by Crippen LogP contribution is 2.24. The van der Waals surface area contributed by atoms with Gasteiger partial charge in [-0.2, -0.15) is 0 Å². The number of morpholine rings is 1. The van der Waals surface area contributed by atoms with Crippen molar-refractivity contribution in [3.63, 3.8) is 0 Å². The van der Waals surface area contributed by atoms with Gasteiger partial charge in [-0.15, -0.1) is 11.3 Å². The SMILES string of the molecule is Cc1ccc(Cc2cc(C)nc(C3CN(CC(=O)Nc4ncc(C)s4)CCO3)c2)cc1. The molecule has 1 aliphatic rings. The van der Waals surface area contributed by atoms with Crippen LogP contribution < -0.4 is 5.32 Å². The van der Waals surface area contributed by atoms with E-state index in [-0.39, 0.29) is 12.0 Å². The molecule has 31 heavy (non-hydrogen) atoms. The second-order valence-electron chi connectivity index (χ2n) is 8.12. The van der Waals surface area contributed by atoms with Crippen LogP contribution in [0.4, 0.5) is 5.13 Å². The molecule has 4 rings (SSSR count). The second kappa shape index (κ2) is 9.68. The number of benzene rings is 1. The normalized spacial score (nSPS) is 16.9. The fourth-order valence-corrected chi connectivity index (χ4v) is 4.46. The first-order chi connectivity index (χ1) is 14.9. The number of ether oxygens (including phenoxy) is 1. The summed E-state index contributed by atoms with van der Waals surface area (Å²) in [5, 5.41) is 3.53. The molecule has 1 amide bonds. The van der Waals surface area contributed by atoms with Crippen LogP contribution in [0, 0.1) is 20.8 Å². The predicted molar refractivity (Wildman–Crippen MR) is 124 cm³/mol. The first kappa shape index (κ1) is 21.6. The van der Waals surface area contributed by atoms with Crippen molar-refractivity contribution in [3.05, 3.63) is 75.6 Å². The largest absolute Gasteiger partial charge is 0.369 e. The summed E-state index contributed by atoms with van der Waals surface area (Å²) in [6, 6.07) is 12.9. The quantitative estimate of drug-likeness (QED) is 0.631. The van der Waals surface area contributed by atoms with Crippen molar-refractivity contribution >= 4 is 22.4 Å². The van der Waals surface area contributed by atoms with E-state index >= 15 is 0 Å². The van der Waals surface area contributed by atoms with Gasteiger partial charge < -0.3 is 10.1 Å². The highest BCUT2D eigenvalue weighted by atomic mass is 32.1. The van der Waals surface area contributed by atoms with Gasteiger partial charge in [0.05, 0.1) is 18.8 Å². The Morgan fingerprint density at radius 3 is 2.74 bits per heavy atom. The van der Waals surface area contributed by atoms with Crippen molar-refractivity contribution < 1.29 is 9.53 Å². The van der Waals surface area contributed by atoms with Crippen LogP contribution >= 0.6 is 11.3 Å². The summed E-state index contributed by atoms with van der Waals surface area (Å²) in [5.41, 5.74) is 5.69. The Morgan fingerprint density at radius 1 is 1.19 bits per heavy atom. The molecule has 2 aromatic heterocycles. The Balaban J connectivity index is 1.40. The molecule has 0 bridgehead atoms. The first-order valence-corrected chi connectivity index (χ1v) is 11.4. The number of pyridine rings is 1. The van der Waals surface area contributed by atoms with Crippen molar-refractivity contribution in [2.75, 3.05) is 31.6 Å². The van der Waals surface area contributed by atoms with Gasteiger partial charge in [-0.25, -0.2) is 4.98 Å². The van der Waals surface area contributed by atoms with Crippen LogP contribution in [0.2, 0.25) is 0 Å². The van der Waals surface area contributed by atoms with Gasteiger partial charge >= 0.3 is 0 Å². The molecule has 0 radical (unpaired) electrons. The van der Waals surface area contributed by atoms with Crippen molar-refractivity contribution in [1.82, 2.24) is 14.9 Å². The van der Waals surface area contributed by atoms with Crippen LogP contribution in [-0.2, 0) is 16.0 Å². The van der Waals surface area contributed by atoms with Gasteiger partial charge in [0.15, 0.2) is 5.13 Å². The number of rotatable bonds is 6. The number of hydrogen-bond donors (Lipinski definition) is 1. The third-order valence-electron chi connectivity index (χ3n) is 5.28. The molecular weight excluding hydrogens is 408 g/mol. The molecule has 1 unspecified atom stereocenters. The summed E-state index contributed by atoms with van der Waals surface area (Å²) < 4.78 is 6.03. The maximum absolute atomic E-state index is 12.4. The molecule has 6 nitrogen and oxygen atoms in total. The third kappa shape index (κ3) is 5.97. The molecule has 0 aliphatic carbocycles. The number of nitrogens with zero attached hydrogens (tertiary/aromatic N) is 3. The van der Waals surface area contributed by atoms with Crippen molar-refractivity contribution in [2.45, 2.75) is 33.3 Å². The minimum Gasteiger partial charge on any atom is -0.369 e. The summed E-state index contributed by atoms with van der Waals surface area (Å²) in [6.45, 7) is 8.36. The lowest BCUT2D eigenvalue weighted by molar-refractivity contribution is -0.119. The number of thiazole rings is 1. The zero-order valence-corrected chi connectivity index (χ0v) is 19.0. The molecule has 0 saturated carbocycles. The lowest BCUT2D eigenvalue weighted by Gasteiger charge is -2.32. The number of aromatic nitrogens is 2. The second-order valence-corrected chi connectivity index (χ2v) is 9.36. The fraction of sp³-hybridized carbons (Fsp3) is 0.375. The minimum atomic E-state index is -0.139. The molecule has 1 aromatic carbocycles. The zero-order valence-electron chi connectivity index (χ0n) is 18.2. The predicted octanol–water partition coefficient (Wildman–Crippen LogP) is 4.07. The standard InChI is InChI=1S/C24H28N4O2S/c1-16-4-6-19(7-5-16)11-20-10-17(2)26-21(12-20)22-14-28(8-9-30-22)15-23(29)27-24-25-13-18(3)31-24/h4-7,10,12-13,22H,8-9,11,14-15H2,1-3H3,(H,25,27,29). The average molecular weight is 437 g/mol. The van der Waals surface area contributed by atoms with Crippen LogP contribution in [0.3, 0.4) is 0 Å². The Morgan fingerprint density at radius 2 is 2.00 bits per heavy atom. The third-order valence-corrected chi connectivity index (χ3v) is 6.11. The van der Waals surface area contributed by atoms with Crippen LogP contribution in [0.5, 0.6) is 0 Å². The molecule has 7 heteroatoms. The number of aryl methyl sites for hydroxylation is 3. The number of carbonyl (C=O) groups is 1. The number of nitrogens with one attached hydrogen (secondary N) is 1. The Bertz CT molecular complexity index is 1050. The zero-order chi connectivity index (χ0) is 21.8. The lowest BCUT2D eigenvalue weighted by Crippen LogP contribution is -2.42. The maximum Gasteiger partial charge on any atom is 0.240 e. The van der Waals surface area contributed by atoms with E-state index in [2.05, 4.69) is 58.5 Å². The van der Waals surface area contributed by atoms with E-state index in [1.165, 1.54) is 28.0 Å². The van der Waals surface area contributed by atoms with Crippen LogP contribution in [0.25, 0.3) is 0 Å². The highest BCUT2D eigenvalue weighted by molar-refractivity contribution is 7.15. The van der Waals surface area contributed by atoms with E-state index in [4.69, 9.17) is 9.72 Å². The minimum absolute atomic E-state index is 0.0488. The van der Waals surface area contributed by atoms with Gasteiger partial charge in [-0.3, -0.25) is 14.7 Å². The number of carbonyl (C=O) groups excluding carboxylic acids is 1. The molecule has 162 valence electrons. The van der Waals surface area contributed by atoms with Gasteiger partial charge in [0, 0.05) is 29.9 Å². The van der Waals surface area contributed by atoms with E-state index in [1.54, 1.807) is 6.20 Å².